The number of alkyl halides is 1. The Morgan fingerprint density at radius 2 is 2.09 bits per heavy atom. The smallest absolute Gasteiger partial charge is 0.378 e. The van der Waals surface area contributed by atoms with Gasteiger partial charge >= 0.3 is 28.0 Å². The van der Waals surface area contributed by atoms with Crippen molar-refractivity contribution in [1.82, 2.24) is 15.2 Å². The molecule has 0 spiro atoms. The van der Waals surface area contributed by atoms with Crippen molar-refractivity contribution in [2.75, 3.05) is 11.6 Å². The van der Waals surface area contributed by atoms with Crippen LogP contribution in [0.1, 0.15) is 23.5 Å². The SMILES string of the molecule is [B]OC(=O)C1=C(CCl)CS[C@@H]2[C@H](NC(=O)/C(=N/OC3(C(=O)O[B])CC3)c3csc(C)n3)C(=O)N12. The summed E-state index contributed by atoms with van der Waals surface area (Å²) < 4.78 is 8.54. The van der Waals surface area contributed by atoms with E-state index in [0.717, 1.165) is 0 Å². The average Bonchev–Trinajstić information content (AvgIpc) is 3.52. The molecule has 2 atom stereocenters. The van der Waals surface area contributed by atoms with Gasteiger partial charge in [-0.25, -0.2) is 14.6 Å². The second-order valence-electron chi connectivity index (χ2n) is 7.53. The van der Waals surface area contributed by atoms with Crippen LogP contribution in [-0.4, -0.2) is 84.1 Å². The number of fused-ring (bicyclic) bond motifs is 1. The minimum absolute atomic E-state index is 0.00919. The number of hydrogen-bond donors (Lipinski definition) is 1. The van der Waals surface area contributed by atoms with E-state index in [1.54, 1.807) is 12.3 Å². The number of aromatic nitrogens is 1. The molecule has 3 aliphatic rings. The molecule has 0 unspecified atom stereocenters. The molecule has 1 saturated heterocycles. The number of oxime groups is 1. The monoisotopic (exact) mass is 520 g/mol. The zero-order chi connectivity index (χ0) is 24.6. The van der Waals surface area contributed by atoms with Crippen molar-refractivity contribution in [2.45, 2.75) is 36.8 Å². The number of thiazole rings is 1. The summed E-state index contributed by atoms with van der Waals surface area (Å²) in [6, 6.07) is -0.969. The Morgan fingerprint density at radius 3 is 2.65 bits per heavy atom. The molecule has 1 N–H and O–H groups in total. The van der Waals surface area contributed by atoms with Crippen LogP contribution in [0.2, 0.25) is 0 Å². The first-order valence-electron chi connectivity index (χ1n) is 9.80. The largest absolute Gasteiger partial charge is 0.540 e. The minimum Gasteiger partial charge on any atom is -0.540 e. The quantitative estimate of drug-likeness (QED) is 0.163. The molecule has 34 heavy (non-hydrogen) atoms. The number of hydrogen-bond acceptors (Lipinski definition) is 11. The van der Waals surface area contributed by atoms with Crippen molar-refractivity contribution >= 4 is 80.3 Å². The molecule has 0 bridgehead atoms. The summed E-state index contributed by atoms with van der Waals surface area (Å²) >= 11 is 8.49. The van der Waals surface area contributed by atoms with Crippen LogP contribution in [0.3, 0.4) is 0 Å². The van der Waals surface area contributed by atoms with Crippen LogP contribution < -0.4 is 5.32 Å². The number of nitrogens with zero attached hydrogens (tertiary/aromatic N) is 3. The minimum atomic E-state index is -1.35. The van der Waals surface area contributed by atoms with Gasteiger partial charge in [-0.2, -0.15) is 0 Å². The Morgan fingerprint density at radius 1 is 1.35 bits per heavy atom. The molecule has 174 valence electrons. The summed E-state index contributed by atoms with van der Waals surface area (Å²) in [6.07, 6.45) is 0.642. The first kappa shape index (κ1) is 24.6. The van der Waals surface area contributed by atoms with E-state index in [1.165, 1.54) is 28.0 Å². The Hall–Kier alpha value is -2.51. The van der Waals surface area contributed by atoms with Crippen LogP contribution in [0.15, 0.2) is 21.8 Å². The van der Waals surface area contributed by atoms with Gasteiger partial charge in [-0.1, -0.05) is 5.16 Å². The molecular weight excluding hydrogens is 505 g/mol. The Balaban J connectivity index is 1.54. The standard InChI is InChI=1S/C18H15B2ClN4O7S2/c1-7-22-9(6-33-7)10(24-32-18(2-3-18)17(29)31-20)13(26)23-11-14(27)25-12(16(28)30-19)8(4-21)5-34-15(11)25/h6,11,15H,2-5H2,1H3,(H,23,26)/b24-10+/t11-,15-/m1/s1. The molecule has 0 aromatic carbocycles. The van der Waals surface area contributed by atoms with Gasteiger partial charge in [0.25, 0.3) is 11.8 Å². The second-order valence-corrected chi connectivity index (χ2v) is 9.97. The van der Waals surface area contributed by atoms with Crippen molar-refractivity contribution in [3.63, 3.8) is 0 Å². The fourth-order valence-electron chi connectivity index (χ4n) is 3.40. The van der Waals surface area contributed by atoms with E-state index in [4.69, 9.17) is 32.5 Å². The number of carbonyl (C=O) groups is 4. The fraction of sp³-hybridized carbons (Fsp3) is 0.444. The number of thioether (sulfide) groups is 1. The Kier molecular flexibility index (Phi) is 6.97. The summed E-state index contributed by atoms with van der Waals surface area (Å²) in [6.45, 7) is 1.74. The molecular formula is C18H15B2ClN4O7S2. The molecule has 2 fully saturated rings. The number of carbonyl (C=O) groups excluding carboxylic acids is 4. The first-order chi connectivity index (χ1) is 16.3. The van der Waals surface area contributed by atoms with Crippen LogP contribution in [0.5, 0.6) is 0 Å². The van der Waals surface area contributed by atoms with Gasteiger partial charge in [0, 0.05) is 29.9 Å². The topological polar surface area (TPSA) is 136 Å². The third-order valence-electron chi connectivity index (χ3n) is 5.37. The first-order valence-corrected chi connectivity index (χ1v) is 12.3. The average molecular weight is 521 g/mol. The van der Waals surface area contributed by atoms with Gasteiger partial charge in [0.15, 0.2) is 5.71 Å². The molecule has 2 aliphatic heterocycles. The molecule has 4 radical (unpaired) electrons. The highest BCUT2D eigenvalue weighted by molar-refractivity contribution is 8.00. The van der Waals surface area contributed by atoms with E-state index < -0.39 is 40.8 Å². The third kappa shape index (κ3) is 4.31. The molecule has 4 rings (SSSR count). The van der Waals surface area contributed by atoms with Crippen LogP contribution in [0, 0.1) is 6.92 Å². The van der Waals surface area contributed by atoms with Crippen LogP contribution in [0.25, 0.3) is 0 Å². The highest BCUT2D eigenvalue weighted by Gasteiger charge is 2.56. The van der Waals surface area contributed by atoms with Crippen molar-refractivity contribution in [1.29, 1.82) is 0 Å². The van der Waals surface area contributed by atoms with Gasteiger partial charge in [-0.15, -0.1) is 34.7 Å². The maximum Gasteiger partial charge on any atom is 0.378 e. The predicted octanol–water partition coefficient (Wildman–Crippen LogP) is -0.149. The Labute approximate surface area is 209 Å². The zero-order valence-corrected chi connectivity index (χ0v) is 20.0. The number of halogens is 1. The van der Waals surface area contributed by atoms with E-state index in [2.05, 4.69) is 24.8 Å². The summed E-state index contributed by atoms with van der Waals surface area (Å²) in [7, 11) is 9.95. The lowest BCUT2D eigenvalue weighted by molar-refractivity contribution is -0.150. The van der Waals surface area contributed by atoms with Gasteiger partial charge in [0.05, 0.1) is 5.01 Å². The van der Waals surface area contributed by atoms with E-state index in [1.807, 2.05) is 0 Å². The number of rotatable bonds is 8. The zero-order valence-electron chi connectivity index (χ0n) is 17.6. The fourth-order valence-corrected chi connectivity index (χ4v) is 5.68. The van der Waals surface area contributed by atoms with Crippen molar-refractivity contribution < 1.29 is 33.3 Å². The number of amides is 2. The predicted molar refractivity (Wildman–Crippen MR) is 123 cm³/mol. The highest BCUT2D eigenvalue weighted by atomic mass is 35.5. The van der Waals surface area contributed by atoms with Crippen molar-refractivity contribution in [2.24, 2.45) is 5.16 Å². The van der Waals surface area contributed by atoms with E-state index in [9.17, 15) is 19.2 Å². The normalized spacial score (nSPS) is 22.9. The number of nitrogens with one attached hydrogen (secondary N) is 1. The molecule has 1 saturated carbocycles. The summed E-state index contributed by atoms with van der Waals surface area (Å²) in [4.78, 5) is 60.7. The lowest BCUT2D eigenvalue weighted by Crippen LogP contribution is -2.71. The van der Waals surface area contributed by atoms with Crippen molar-refractivity contribution in [3.05, 3.63) is 27.4 Å². The van der Waals surface area contributed by atoms with Gasteiger partial charge in [-0.3, -0.25) is 14.5 Å². The van der Waals surface area contributed by atoms with Gasteiger partial charge in [-0.05, 0) is 12.5 Å². The molecule has 1 aromatic heterocycles. The number of aryl methyl sites for hydroxylation is 1. The summed E-state index contributed by atoms with van der Waals surface area (Å²) in [5.74, 6) is -2.66. The second kappa shape index (κ2) is 9.62. The van der Waals surface area contributed by atoms with Crippen LogP contribution in [-0.2, 0) is 33.3 Å². The van der Waals surface area contributed by atoms with E-state index in [0.29, 0.717) is 29.2 Å². The highest BCUT2D eigenvalue weighted by Crippen LogP contribution is 2.42. The van der Waals surface area contributed by atoms with Crippen LogP contribution >= 0.6 is 34.7 Å². The van der Waals surface area contributed by atoms with E-state index >= 15 is 0 Å². The van der Waals surface area contributed by atoms with Gasteiger partial charge in [0.2, 0.25) is 5.60 Å². The van der Waals surface area contributed by atoms with Crippen molar-refractivity contribution in [3.8, 4) is 0 Å². The molecule has 3 heterocycles. The van der Waals surface area contributed by atoms with Crippen LogP contribution in [0.4, 0.5) is 0 Å². The molecule has 1 aliphatic carbocycles. The maximum atomic E-state index is 13.1. The van der Waals surface area contributed by atoms with Gasteiger partial charge in [0.1, 0.15) is 22.8 Å². The lowest BCUT2D eigenvalue weighted by atomic mass is 10.0. The van der Waals surface area contributed by atoms with E-state index in [-0.39, 0.29) is 23.0 Å². The van der Waals surface area contributed by atoms with Gasteiger partial charge < -0.3 is 19.5 Å². The summed E-state index contributed by atoms with van der Waals surface area (Å²) in [5.41, 5.74) is -0.917. The summed E-state index contributed by atoms with van der Waals surface area (Å²) in [5, 5.41) is 8.15. The number of β-lactam (4-membered cyclic amide) rings is 1. The molecule has 2 amide bonds. The molecule has 11 nitrogen and oxygen atoms in total. The third-order valence-corrected chi connectivity index (χ3v) is 7.80. The molecule has 1 aromatic rings. The molecule has 16 heteroatoms. The Bertz CT molecular complexity index is 1120. The lowest BCUT2D eigenvalue weighted by Gasteiger charge is -2.49. The maximum absolute atomic E-state index is 13.1.